The van der Waals surface area contributed by atoms with Crippen LogP contribution in [0, 0.1) is 6.92 Å². The number of aryl methyl sites for hydroxylation is 2. The van der Waals surface area contributed by atoms with Gasteiger partial charge in [0.05, 0.1) is 0 Å². The van der Waals surface area contributed by atoms with Crippen molar-refractivity contribution in [3.63, 3.8) is 0 Å². The Morgan fingerprint density at radius 2 is 1.77 bits per heavy atom. The van der Waals surface area contributed by atoms with Crippen molar-refractivity contribution in [3.8, 4) is 11.3 Å². The van der Waals surface area contributed by atoms with Crippen molar-refractivity contribution in [3.05, 3.63) is 78.1 Å². The van der Waals surface area contributed by atoms with E-state index in [0.29, 0.717) is 31.9 Å². The van der Waals surface area contributed by atoms with Gasteiger partial charge in [-0.1, -0.05) is 67.0 Å². The van der Waals surface area contributed by atoms with Gasteiger partial charge in [0.25, 0.3) is 5.71 Å². The second-order valence-electron chi connectivity index (χ2n) is 10.1. The summed E-state index contributed by atoms with van der Waals surface area (Å²) in [7, 11) is 0. The number of nitrogens with one attached hydrogen (secondary N) is 1. The van der Waals surface area contributed by atoms with Gasteiger partial charge in [-0.05, 0) is 47.9 Å². The van der Waals surface area contributed by atoms with Gasteiger partial charge in [0.1, 0.15) is 22.7 Å². The summed E-state index contributed by atoms with van der Waals surface area (Å²) in [6.45, 7) is 6.66. The van der Waals surface area contributed by atoms with Gasteiger partial charge in [-0.25, -0.2) is 9.78 Å². The predicted molar refractivity (Wildman–Crippen MR) is 155 cm³/mol. The highest BCUT2D eigenvalue weighted by atomic mass is 16.5. The van der Waals surface area contributed by atoms with E-state index in [9.17, 15) is 4.79 Å². The molecule has 0 bridgehead atoms. The van der Waals surface area contributed by atoms with E-state index < -0.39 is 0 Å². The Hall–Kier alpha value is -4.46. The predicted octanol–water partition coefficient (Wildman–Crippen LogP) is 6.44. The summed E-state index contributed by atoms with van der Waals surface area (Å²) in [4.78, 5) is 26.8. The maximum Gasteiger partial charge on any atom is 0.321 e. The van der Waals surface area contributed by atoms with Crippen molar-refractivity contribution in [2.45, 2.75) is 33.1 Å². The fraction of sp³-hybridized carbons (Fsp3) is 0.290. The molecule has 1 N–H and O–H groups in total. The molecule has 0 aliphatic carbocycles. The molecule has 6 rings (SSSR count). The van der Waals surface area contributed by atoms with E-state index in [1.54, 1.807) is 0 Å². The zero-order chi connectivity index (χ0) is 26.8. The average molecular weight is 521 g/mol. The van der Waals surface area contributed by atoms with Gasteiger partial charge in [0.15, 0.2) is 0 Å². The van der Waals surface area contributed by atoms with Gasteiger partial charge in [-0.2, -0.15) is 4.98 Å². The lowest BCUT2D eigenvalue weighted by Gasteiger charge is -2.35. The number of rotatable bonds is 6. The van der Waals surface area contributed by atoms with Gasteiger partial charge >= 0.3 is 6.03 Å². The third-order valence-corrected chi connectivity index (χ3v) is 7.28. The van der Waals surface area contributed by atoms with Crippen LogP contribution in [0.3, 0.4) is 0 Å². The standard InChI is InChI=1S/C31H32N6O2/c1-3-4-12-26-33-29(36-15-17-37(18-16-36)31(38)32-25-11-7-8-21(2)19-25)27-28(35-39-30(27)34-26)24-14-13-22-9-5-6-10-23(22)20-24/h5-11,13-14,19-20H,3-4,12,15-18H2,1-2H3,(H,32,38). The zero-order valence-corrected chi connectivity index (χ0v) is 22.4. The number of fused-ring (bicyclic) bond motifs is 2. The van der Waals surface area contributed by atoms with E-state index in [4.69, 9.17) is 14.5 Å². The molecule has 3 aromatic carbocycles. The number of anilines is 2. The summed E-state index contributed by atoms with van der Waals surface area (Å²) >= 11 is 0. The van der Waals surface area contributed by atoms with Crippen LogP contribution >= 0.6 is 0 Å². The van der Waals surface area contributed by atoms with Crippen LogP contribution in [0.2, 0.25) is 0 Å². The molecule has 1 aliphatic heterocycles. The molecule has 5 aromatic rings. The first-order valence-electron chi connectivity index (χ1n) is 13.6. The van der Waals surface area contributed by atoms with Gasteiger partial charge in [0.2, 0.25) is 0 Å². The Bertz CT molecular complexity index is 1640. The van der Waals surface area contributed by atoms with Crippen molar-refractivity contribution >= 4 is 39.4 Å². The zero-order valence-electron chi connectivity index (χ0n) is 22.4. The summed E-state index contributed by atoms with van der Waals surface area (Å²) in [5.41, 5.74) is 4.14. The maximum atomic E-state index is 13.0. The summed E-state index contributed by atoms with van der Waals surface area (Å²) in [6, 6.07) is 22.4. The number of urea groups is 1. The monoisotopic (exact) mass is 520 g/mol. The van der Waals surface area contributed by atoms with Gasteiger partial charge in [-0.3, -0.25) is 0 Å². The molecular weight excluding hydrogens is 488 g/mol. The molecule has 39 heavy (non-hydrogen) atoms. The molecule has 3 heterocycles. The minimum atomic E-state index is -0.0847. The molecule has 1 fully saturated rings. The fourth-order valence-corrected chi connectivity index (χ4v) is 5.14. The number of piperazine rings is 1. The van der Waals surface area contributed by atoms with E-state index in [1.807, 2.05) is 48.2 Å². The van der Waals surface area contributed by atoms with Crippen LogP contribution in [0.5, 0.6) is 0 Å². The number of carbonyl (C=O) groups excluding carboxylic acids is 1. The molecule has 8 heteroatoms. The SMILES string of the molecule is CCCCc1nc(N2CCN(C(=O)Nc3cccc(C)c3)CC2)c2c(-c3ccc4ccccc4c3)noc2n1. The van der Waals surface area contributed by atoms with Gasteiger partial charge < -0.3 is 19.6 Å². The van der Waals surface area contributed by atoms with Crippen LogP contribution in [0.1, 0.15) is 31.2 Å². The van der Waals surface area contributed by atoms with Crippen LogP contribution < -0.4 is 10.2 Å². The maximum absolute atomic E-state index is 13.0. The molecule has 2 aromatic heterocycles. The van der Waals surface area contributed by atoms with Crippen molar-refractivity contribution in [1.29, 1.82) is 0 Å². The summed E-state index contributed by atoms with van der Waals surface area (Å²) in [6.07, 6.45) is 2.85. The van der Waals surface area contributed by atoms with E-state index in [-0.39, 0.29) is 6.03 Å². The smallest absolute Gasteiger partial charge is 0.321 e. The topological polar surface area (TPSA) is 87.4 Å². The molecule has 2 amide bonds. The summed E-state index contributed by atoms with van der Waals surface area (Å²) in [5.74, 6) is 1.59. The first-order chi connectivity index (χ1) is 19.1. The number of carbonyl (C=O) groups is 1. The molecule has 0 saturated carbocycles. The second kappa shape index (κ2) is 10.7. The molecule has 0 atom stereocenters. The molecule has 0 unspecified atom stereocenters. The Balaban J connectivity index is 1.30. The normalized spacial score (nSPS) is 13.8. The van der Waals surface area contributed by atoms with Crippen molar-refractivity contribution < 1.29 is 9.32 Å². The molecule has 1 aliphatic rings. The quantitative estimate of drug-likeness (QED) is 0.277. The van der Waals surface area contributed by atoms with Gasteiger partial charge in [0, 0.05) is 43.9 Å². The third kappa shape index (κ3) is 5.14. The van der Waals surface area contributed by atoms with E-state index >= 15 is 0 Å². The number of nitrogens with zero attached hydrogens (tertiary/aromatic N) is 5. The van der Waals surface area contributed by atoms with E-state index in [2.05, 4.69) is 52.6 Å². The minimum Gasteiger partial charge on any atom is -0.352 e. The Labute approximate surface area is 227 Å². The molecule has 0 spiro atoms. The largest absolute Gasteiger partial charge is 0.352 e. The number of hydrogen-bond donors (Lipinski definition) is 1. The highest BCUT2D eigenvalue weighted by Gasteiger charge is 2.27. The number of aromatic nitrogens is 3. The average Bonchev–Trinajstić information content (AvgIpc) is 3.39. The van der Waals surface area contributed by atoms with Crippen molar-refractivity contribution in [2.24, 2.45) is 0 Å². The molecular formula is C31H32N6O2. The van der Waals surface area contributed by atoms with E-state index in [1.165, 1.54) is 5.39 Å². The number of hydrogen-bond acceptors (Lipinski definition) is 6. The van der Waals surface area contributed by atoms with Crippen molar-refractivity contribution in [2.75, 3.05) is 36.4 Å². The van der Waals surface area contributed by atoms with Crippen molar-refractivity contribution in [1.82, 2.24) is 20.0 Å². The number of unbranched alkanes of at least 4 members (excludes halogenated alkanes) is 1. The highest BCUT2D eigenvalue weighted by molar-refractivity contribution is 6.00. The molecule has 1 saturated heterocycles. The lowest BCUT2D eigenvalue weighted by atomic mass is 10.0. The number of amides is 2. The van der Waals surface area contributed by atoms with Crippen LogP contribution in [0.25, 0.3) is 33.1 Å². The highest BCUT2D eigenvalue weighted by Crippen LogP contribution is 2.35. The van der Waals surface area contributed by atoms with Crippen LogP contribution in [-0.4, -0.2) is 52.2 Å². The van der Waals surface area contributed by atoms with Crippen LogP contribution in [-0.2, 0) is 6.42 Å². The minimum absolute atomic E-state index is 0.0847. The molecule has 198 valence electrons. The lowest BCUT2D eigenvalue weighted by molar-refractivity contribution is 0.208. The van der Waals surface area contributed by atoms with Crippen LogP contribution in [0.4, 0.5) is 16.3 Å². The van der Waals surface area contributed by atoms with Gasteiger partial charge in [-0.15, -0.1) is 0 Å². The Morgan fingerprint density at radius 3 is 2.56 bits per heavy atom. The number of benzene rings is 3. The summed E-state index contributed by atoms with van der Waals surface area (Å²) < 4.78 is 5.80. The summed E-state index contributed by atoms with van der Waals surface area (Å²) in [5, 5.41) is 10.6. The fourth-order valence-electron chi connectivity index (χ4n) is 5.14. The van der Waals surface area contributed by atoms with E-state index in [0.717, 1.165) is 64.2 Å². The lowest BCUT2D eigenvalue weighted by Crippen LogP contribution is -2.50. The first-order valence-corrected chi connectivity index (χ1v) is 13.6. The van der Waals surface area contributed by atoms with Crippen LogP contribution in [0.15, 0.2) is 71.3 Å². The molecule has 8 nitrogen and oxygen atoms in total. The Morgan fingerprint density at radius 1 is 0.949 bits per heavy atom. The molecule has 0 radical (unpaired) electrons. The first kappa shape index (κ1) is 24.9. The second-order valence-corrected chi connectivity index (χ2v) is 10.1. The Kier molecular flexibility index (Phi) is 6.84. The third-order valence-electron chi connectivity index (χ3n) is 7.28.